The minimum absolute atomic E-state index is 0.396. The molecular weight excluding hydrogens is 252 g/mol. The fourth-order valence-electron chi connectivity index (χ4n) is 3.78. The van der Waals surface area contributed by atoms with Gasteiger partial charge in [-0.1, -0.05) is 78.9 Å². The summed E-state index contributed by atoms with van der Waals surface area (Å²) in [6.45, 7) is 0. The Bertz CT molecular complexity index is 941. The number of fused-ring (bicyclic) bond motifs is 7. The Morgan fingerprint density at radius 3 is 2.52 bits per heavy atom. The summed E-state index contributed by atoms with van der Waals surface area (Å²) in [4.78, 5) is 0. The van der Waals surface area contributed by atoms with Gasteiger partial charge in [-0.25, -0.2) is 0 Å². The molecule has 0 heterocycles. The maximum absolute atomic E-state index is 2.33. The highest BCUT2D eigenvalue weighted by molar-refractivity contribution is 5.93. The summed E-state index contributed by atoms with van der Waals surface area (Å²) in [5, 5.41) is 2.71. The summed E-state index contributed by atoms with van der Waals surface area (Å²) in [5.41, 5.74) is 7.04. The molecule has 0 bridgehead atoms. The molecule has 0 N–H and O–H groups in total. The smallest absolute Gasteiger partial charge is 0.0358 e. The van der Waals surface area contributed by atoms with Gasteiger partial charge in [-0.3, -0.25) is 0 Å². The Kier molecular flexibility index (Phi) is 2.09. The van der Waals surface area contributed by atoms with Crippen LogP contribution in [0.1, 0.15) is 28.2 Å². The number of rotatable bonds is 0. The first kappa shape index (κ1) is 11.1. The van der Waals surface area contributed by atoms with E-state index in [-0.39, 0.29) is 0 Å². The second kappa shape index (κ2) is 3.95. The lowest BCUT2D eigenvalue weighted by atomic mass is 9.79. The van der Waals surface area contributed by atoms with Crippen molar-refractivity contribution in [1.82, 2.24) is 0 Å². The van der Waals surface area contributed by atoms with Crippen LogP contribution in [-0.4, -0.2) is 0 Å². The molecule has 0 saturated heterocycles. The van der Waals surface area contributed by atoms with E-state index in [0.29, 0.717) is 5.92 Å². The van der Waals surface area contributed by atoms with Crippen LogP contribution < -0.4 is 0 Å². The highest BCUT2D eigenvalue weighted by Crippen LogP contribution is 2.47. The van der Waals surface area contributed by atoms with Crippen molar-refractivity contribution in [3.05, 3.63) is 94.6 Å². The molecule has 2 aliphatic rings. The third kappa shape index (κ3) is 1.45. The normalized spacial score (nSPS) is 18.1. The molecule has 5 rings (SSSR count). The van der Waals surface area contributed by atoms with E-state index in [4.69, 9.17) is 0 Å². The quantitative estimate of drug-likeness (QED) is 0.511. The van der Waals surface area contributed by atoms with Crippen molar-refractivity contribution in [2.75, 3.05) is 0 Å². The maximum atomic E-state index is 2.33. The summed E-state index contributed by atoms with van der Waals surface area (Å²) in [7, 11) is 0. The molecule has 0 saturated carbocycles. The second-order valence-corrected chi connectivity index (χ2v) is 5.83. The van der Waals surface area contributed by atoms with Crippen LogP contribution in [0.2, 0.25) is 0 Å². The first-order valence-corrected chi connectivity index (χ1v) is 7.42. The third-order valence-corrected chi connectivity index (χ3v) is 4.71. The molecule has 0 spiro atoms. The van der Waals surface area contributed by atoms with E-state index >= 15 is 0 Å². The first-order valence-electron chi connectivity index (χ1n) is 7.42. The fourth-order valence-corrected chi connectivity index (χ4v) is 3.78. The summed E-state index contributed by atoms with van der Waals surface area (Å²) in [6, 6.07) is 22.0. The fraction of sp³-hybridized carbons (Fsp3) is 0.0476. The van der Waals surface area contributed by atoms with Crippen LogP contribution in [0.25, 0.3) is 22.9 Å². The summed E-state index contributed by atoms with van der Waals surface area (Å²) in [5.74, 6) is 0.396. The third-order valence-electron chi connectivity index (χ3n) is 4.71. The Morgan fingerprint density at radius 2 is 1.52 bits per heavy atom. The molecule has 21 heavy (non-hydrogen) atoms. The van der Waals surface area contributed by atoms with Gasteiger partial charge in [-0.2, -0.15) is 0 Å². The van der Waals surface area contributed by atoms with Crippen molar-refractivity contribution in [2.24, 2.45) is 0 Å². The minimum atomic E-state index is 0.396. The van der Waals surface area contributed by atoms with Gasteiger partial charge < -0.3 is 0 Å². The van der Waals surface area contributed by atoms with Crippen LogP contribution in [-0.2, 0) is 0 Å². The lowest BCUT2D eigenvalue weighted by Gasteiger charge is -2.24. The molecule has 0 aliphatic heterocycles. The second-order valence-electron chi connectivity index (χ2n) is 5.83. The minimum Gasteiger partial charge on any atom is -0.0619 e. The molecule has 0 aromatic heterocycles. The molecule has 0 fully saturated rings. The number of hydrogen-bond acceptors (Lipinski definition) is 0. The molecule has 3 aromatic carbocycles. The average Bonchev–Trinajstić information content (AvgIpc) is 2.93. The average molecular weight is 266 g/mol. The van der Waals surface area contributed by atoms with Gasteiger partial charge in [0.1, 0.15) is 0 Å². The van der Waals surface area contributed by atoms with Crippen LogP contribution in [0.3, 0.4) is 0 Å². The van der Waals surface area contributed by atoms with Crippen LogP contribution in [0.4, 0.5) is 0 Å². The number of benzene rings is 3. The SMILES string of the molecule is C1=Cc2ccc3ccccc3c2C2C1=Cc1ccccc12. The van der Waals surface area contributed by atoms with Gasteiger partial charge in [0.15, 0.2) is 0 Å². The van der Waals surface area contributed by atoms with Crippen LogP contribution in [0.15, 0.2) is 72.3 Å². The monoisotopic (exact) mass is 266 g/mol. The van der Waals surface area contributed by atoms with Crippen LogP contribution >= 0.6 is 0 Å². The van der Waals surface area contributed by atoms with Crippen molar-refractivity contribution in [3.8, 4) is 0 Å². The van der Waals surface area contributed by atoms with Crippen LogP contribution in [0, 0.1) is 0 Å². The molecule has 3 aromatic rings. The van der Waals surface area contributed by atoms with E-state index in [0.717, 1.165) is 0 Å². The zero-order chi connectivity index (χ0) is 13.8. The van der Waals surface area contributed by atoms with Crippen molar-refractivity contribution in [3.63, 3.8) is 0 Å². The molecular formula is C21H14. The topological polar surface area (TPSA) is 0 Å². The van der Waals surface area contributed by atoms with Gasteiger partial charge in [-0.05, 0) is 38.6 Å². The zero-order valence-corrected chi connectivity index (χ0v) is 11.6. The van der Waals surface area contributed by atoms with E-state index in [1.165, 1.54) is 38.6 Å². The predicted octanol–water partition coefficient (Wildman–Crippen LogP) is 5.40. The van der Waals surface area contributed by atoms with Crippen molar-refractivity contribution in [2.45, 2.75) is 5.92 Å². The van der Waals surface area contributed by atoms with Gasteiger partial charge in [-0.15, -0.1) is 0 Å². The Balaban J connectivity index is 1.90. The largest absolute Gasteiger partial charge is 0.0619 e. The van der Waals surface area contributed by atoms with Gasteiger partial charge in [0, 0.05) is 5.92 Å². The van der Waals surface area contributed by atoms with E-state index in [2.05, 4.69) is 78.9 Å². The summed E-state index contributed by atoms with van der Waals surface area (Å²) in [6.07, 6.45) is 6.87. The van der Waals surface area contributed by atoms with Crippen molar-refractivity contribution < 1.29 is 0 Å². The van der Waals surface area contributed by atoms with Gasteiger partial charge in [0.25, 0.3) is 0 Å². The highest BCUT2D eigenvalue weighted by atomic mass is 14.3. The molecule has 0 nitrogen and oxygen atoms in total. The van der Waals surface area contributed by atoms with Crippen molar-refractivity contribution in [1.29, 1.82) is 0 Å². The van der Waals surface area contributed by atoms with Crippen LogP contribution in [0.5, 0.6) is 0 Å². The Labute approximate surface area is 124 Å². The molecule has 0 radical (unpaired) electrons. The van der Waals surface area contributed by atoms with E-state index in [9.17, 15) is 0 Å². The number of allylic oxidation sites excluding steroid dienone is 2. The van der Waals surface area contributed by atoms with Gasteiger partial charge in [0.05, 0.1) is 0 Å². The Morgan fingerprint density at radius 1 is 0.667 bits per heavy atom. The first-order chi connectivity index (χ1) is 10.4. The number of hydrogen-bond donors (Lipinski definition) is 0. The molecule has 1 atom stereocenters. The highest BCUT2D eigenvalue weighted by Gasteiger charge is 2.30. The predicted molar refractivity (Wildman–Crippen MR) is 89.2 cm³/mol. The van der Waals surface area contributed by atoms with E-state index in [1.807, 2.05) is 0 Å². The van der Waals surface area contributed by atoms with E-state index < -0.39 is 0 Å². The lowest BCUT2D eigenvalue weighted by molar-refractivity contribution is 1.01. The summed E-state index contributed by atoms with van der Waals surface area (Å²) < 4.78 is 0. The molecule has 2 aliphatic carbocycles. The van der Waals surface area contributed by atoms with Gasteiger partial charge in [0.2, 0.25) is 0 Å². The van der Waals surface area contributed by atoms with E-state index in [1.54, 1.807) is 0 Å². The van der Waals surface area contributed by atoms with Gasteiger partial charge >= 0.3 is 0 Å². The molecule has 0 heteroatoms. The molecule has 0 amide bonds. The van der Waals surface area contributed by atoms with Crippen molar-refractivity contribution >= 4 is 22.9 Å². The molecule has 1 unspecified atom stereocenters. The lowest BCUT2D eigenvalue weighted by Crippen LogP contribution is -2.06. The zero-order valence-electron chi connectivity index (χ0n) is 11.6. The maximum Gasteiger partial charge on any atom is 0.0358 e. The molecule has 98 valence electrons. The summed E-state index contributed by atoms with van der Waals surface area (Å²) >= 11 is 0. The standard InChI is InChI=1S/C21H14/c1-3-7-18-14(5-1)9-10-15-11-12-17-13-16-6-2-4-8-19(16)21(17)20(15)18/h1-13,21H. The Hall–Kier alpha value is -2.60.